The SMILES string of the molecule is CSCC[C@H](NC(=O)[C@H](CCCN=C(N)N)NC(=O)[C@H](CC(=O)O)NC(=O)[C@H](Cc1c[nH]c2ccccc12)NC(=O)[C@H](Cc1ccc(O)cc1)NC(=O)[C@H](CC(N)=O)NC(=O)[C@@H](N)CC(N)=O)C(=O)O. The van der Waals surface area contributed by atoms with Crippen LogP contribution in [0.4, 0.5) is 0 Å². The first-order chi connectivity index (χ1) is 33.1. The highest BCUT2D eigenvalue weighted by atomic mass is 32.2. The number of aliphatic imine (C=N–C) groups is 1. The van der Waals surface area contributed by atoms with Crippen LogP contribution in [0.2, 0.25) is 0 Å². The quantitative estimate of drug-likeness (QED) is 0.0172. The number of carboxylic acid groups (broad SMARTS) is 2. The fraction of sp³-hybridized carbons (Fsp3) is 0.419. The Morgan fingerprint density at radius 2 is 1.14 bits per heavy atom. The predicted octanol–water partition coefficient (Wildman–Crippen LogP) is -3.99. The van der Waals surface area contributed by atoms with Crippen molar-refractivity contribution in [1.82, 2.24) is 36.9 Å². The number of carbonyl (C=O) groups is 10. The normalized spacial score (nSPS) is 13.9. The average molecular weight is 998 g/mol. The number of rotatable bonds is 30. The highest BCUT2D eigenvalue weighted by molar-refractivity contribution is 7.98. The fourth-order valence-electron chi connectivity index (χ4n) is 6.82. The van der Waals surface area contributed by atoms with Crippen LogP contribution < -0.4 is 60.6 Å². The number of carboxylic acids is 2. The van der Waals surface area contributed by atoms with E-state index in [0.29, 0.717) is 27.8 Å². The summed E-state index contributed by atoms with van der Waals surface area (Å²) in [7, 11) is 0. The van der Waals surface area contributed by atoms with Crippen LogP contribution in [0.3, 0.4) is 0 Å². The lowest BCUT2D eigenvalue weighted by molar-refractivity contribution is -0.143. The number of phenolic OH excluding ortho intramolecular Hbond substituents is 1. The summed E-state index contributed by atoms with van der Waals surface area (Å²) in [6.07, 6.45) is 0.0776. The molecule has 0 bridgehead atoms. The molecule has 0 aliphatic rings. The second-order valence-corrected chi connectivity index (χ2v) is 16.9. The summed E-state index contributed by atoms with van der Waals surface area (Å²) >= 11 is 1.33. The third kappa shape index (κ3) is 19.0. The first-order valence-electron chi connectivity index (χ1n) is 21.5. The summed E-state index contributed by atoms with van der Waals surface area (Å²) in [5, 5.41) is 44.5. The summed E-state index contributed by atoms with van der Waals surface area (Å²) in [4.78, 5) is 137. The van der Waals surface area contributed by atoms with Crippen LogP contribution in [-0.2, 0) is 60.8 Å². The third-order valence-electron chi connectivity index (χ3n) is 10.4. The van der Waals surface area contributed by atoms with Crippen LogP contribution in [0.15, 0.2) is 59.7 Å². The maximum absolute atomic E-state index is 14.4. The second kappa shape index (κ2) is 27.8. The van der Waals surface area contributed by atoms with E-state index in [-0.39, 0.29) is 50.4 Å². The molecule has 20 N–H and O–H groups in total. The number of phenols is 1. The van der Waals surface area contributed by atoms with Gasteiger partial charge < -0.3 is 80.9 Å². The molecule has 8 amide bonds. The van der Waals surface area contributed by atoms with Crippen LogP contribution in [0, 0.1) is 0 Å². The van der Waals surface area contributed by atoms with Crippen molar-refractivity contribution in [3.63, 3.8) is 0 Å². The molecule has 2 aromatic carbocycles. The number of hydrogen-bond donors (Lipinski definition) is 15. The van der Waals surface area contributed by atoms with Crippen LogP contribution in [0.1, 0.15) is 49.7 Å². The molecule has 3 rings (SSSR count). The van der Waals surface area contributed by atoms with Crippen molar-refractivity contribution in [3.8, 4) is 5.75 Å². The number of aromatic nitrogens is 1. The van der Waals surface area contributed by atoms with Crippen LogP contribution >= 0.6 is 11.8 Å². The molecule has 27 heteroatoms. The Hall–Kier alpha value is -7.94. The third-order valence-corrected chi connectivity index (χ3v) is 11.0. The van der Waals surface area contributed by atoms with Gasteiger partial charge in [0.1, 0.15) is 42.0 Å². The highest BCUT2D eigenvalue weighted by Gasteiger charge is 2.35. The van der Waals surface area contributed by atoms with Crippen LogP contribution in [0.5, 0.6) is 5.75 Å². The highest BCUT2D eigenvalue weighted by Crippen LogP contribution is 2.20. The number of nitrogens with one attached hydrogen (secondary N) is 7. The molecule has 0 saturated heterocycles. The number of carbonyl (C=O) groups excluding carboxylic acids is 8. The van der Waals surface area contributed by atoms with Crippen molar-refractivity contribution in [2.75, 3.05) is 18.6 Å². The second-order valence-electron chi connectivity index (χ2n) is 15.9. The zero-order valence-corrected chi connectivity index (χ0v) is 38.8. The molecule has 0 radical (unpaired) electrons. The molecule has 0 aliphatic carbocycles. The first-order valence-corrected chi connectivity index (χ1v) is 22.9. The lowest BCUT2D eigenvalue weighted by Gasteiger charge is -2.27. The van der Waals surface area contributed by atoms with Gasteiger partial charge in [-0.3, -0.25) is 48.1 Å². The fourth-order valence-corrected chi connectivity index (χ4v) is 7.29. The molecular weight excluding hydrogens is 939 g/mol. The summed E-state index contributed by atoms with van der Waals surface area (Å²) in [6.45, 7) is -0.0128. The minimum Gasteiger partial charge on any atom is -0.508 e. The molecule has 1 heterocycles. The van der Waals surface area contributed by atoms with Crippen molar-refractivity contribution < 1.29 is 63.3 Å². The summed E-state index contributed by atoms with van der Waals surface area (Å²) < 4.78 is 0. The van der Waals surface area contributed by atoms with E-state index in [0.717, 1.165) is 0 Å². The monoisotopic (exact) mass is 997 g/mol. The number of nitrogens with two attached hydrogens (primary N) is 5. The van der Waals surface area contributed by atoms with Crippen molar-refractivity contribution >= 4 is 87.8 Å². The van der Waals surface area contributed by atoms with E-state index in [2.05, 4.69) is 41.9 Å². The Morgan fingerprint density at radius 1 is 0.629 bits per heavy atom. The van der Waals surface area contributed by atoms with Gasteiger partial charge in [0.15, 0.2) is 5.96 Å². The van der Waals surface area contributed by atoms with Crippen LogP contribution in [-0.4, -0.2) is 146 Å². The van der Waals surface area contributed by atoms with E-state index in [9.17, 15) is 63.3 Å². The van der Waals surface area contributed by atoms with E-state index in [1.54, 1.807) is 36.7 Å². The Morgan fingerprint density at radius 3 is 1.71 bits per heavy atom. The maximum atomic E-state index is 14.4. The average Bonchev–Trinajstić information content (AvgIpc) is 3.69. The smallest absolute Gasteiger partial charge is 0.326 e. The number of para-hydroxylation sites is 1. The van der Waals surface area contributed by atoms with Crippen molar-refractivity contribution in [2.24, 2.45) is 33.7 Å². The van der Waals surface area contributed by atoms with E-state index in [4.69, 9.17) is 28.7 Å². The summed E-state index contributed by atoms with van der Waals surface area (Å²) in [5.74, 6) is -11.5. The number of fused-ring (bicyclic) bond motifs is 1. The van der Waals surface area contributed by atoms with Crippen molar-refractivity contribution in [3.05, 3.63) is 65.9 Å². The van der Waals surface area contributed by atoms with E-state index >= 15 is 0 Å². The molecule has 0 spiro atoms. The molecule has 1 aromatic heterocycles. The number of primary amides is 2. The Kier molecular flexibility index (Phi) is 22.4. The topological polar surface area (TPSA) is 462 Å². The van der Waals surface area contributed by atoms with Gasteiger partial charge in [-0.1, -0.05) is 30.3 Å². The minimum absolute atomic E-state index is 0.0128. The van der Waals surface area contributed by atoms with Crippen molar-refractivity contribution in [2.45, 2.75) is 93.7 Å². The van der Waals surface area contributed by atoms with Gasteiger partial charge in [0.25, 0.3) is 0 Å². The number of nitrogens with zero attached hydrogens (tertiary/aromatic N) is 1. The molecule has 0 unspecified atom stereocenters. The van der Waals surface area contributed by atoms with E-state index in [1.165, 1.54) is 36.0 Å². The number of aromatic amines is 1. The molecule has 3 aromatic rings. The van der Waals surface area contributed by atoms with Crippen LogP contribution in [0.25, 0.3) is 10.9 Å². The lowest BCUT2D eigenvalue weighted by Crippen LogP contribution is -2.61. The van der Waals surface area contributed by atoms with Gasteiger partial charge in [-0.2, -0.15) is 11.8 Å². The number of amides is 8. The van der Waals surface area contributed by atoms with Gasteiger partial charge in [-0.05, 0) is 60.6 Å². The number of H-pyrrole nitrogens is 1. The molecule has 0 saturated carbocycles. The van der Waals surface area contributed by atoms with E-state index < -0.39 is 121 Å². The molecule has 0 fully saturated rings. The number of guanidine groups is 1. The molecule has 0 aliphatic heterocycles. The molecule has 7 atom stereocenters. The van der Waals surface area contributed by atoms with Gasteiger partial charge in [0.2, 0.25) is 47.3 Å². The summed E-state index contributed by atoms with van der Waals surface area (Å²) in [6, 6.07) is 0.955. The minimum atomic E-state index is -1.92. The number of aromatic hydroxyl groups is 1. The lowest BCUT2D eigenvalue weighted by atomic mass is 10.0. The number of aliphatic carboxylic acids is 2. The Balaban J connectivity index is 2.04. The van der Waals surface area contributed by atoms with Crippen molar-refractivity contribution in [1.29, 1.82) is 0 Å². The first kappa shape index (κ1) is 56.4. The van der Waals surface area contributed by atoms with Gasteiger partial charge >= 0.3 is 11.9 Å². The summed E-state index contributed by atoms with van der Waals surface area (Å²) in [5.41, 5.74) is 28.5. The Bertz CT molecular complexity index is 2390. The molecule has 380 valence electrons. The number of hydrogen-bond acceptors (Lipinski definition) is 14. The zero-order valence-electron chi connectivity index (χ0n) is 38.0. The van der Waals surface area contributed by atoms with Gasteiger partial charge in [-0.25, -0.2) is 4.79 Å². The Labute approximate surface area is 404 Å². The predicted molar refractivity (Wildman–Crippen MR) is 254 cm³/mol. The van der Waals surface area contributed by atoms with Gasteiger partial charge in [0.05, 0.1) is 25.3 Å². The largest absolute Gasteiger partial charge is 0.508 e. The molecule has 26 nitrogen and oxygen atoms in total. The zero-order chi connectivity index (χ0) is 52.1. The standard InChI is InChI=1S/C43H59N13O13S/c1-70-14-12-28(42(68)69)52-37(63)27(7-4-13-49-43(47)48)51-41(67)32(19-35(60)61)56-39(65)30(16-22-20-50-26-6-3-2-5-24(22)26)55-38(64)29(15-21-8-10-23(57)11-9-21)54-40(66)31(18-34(46)59)53-36(62)25(44)17-33(45)58/h2-3,5-6,8-11,20,25,27-32,50,57H,4,7,12-19,44H2,1H3,(H2,45,58)(H2,46,59)(H,51,67)(H,52,63)(H,53,62)(H,54,66)(H,55,64)(H,56,65)(H,60,61)(H,68,69)(H4,47,48,49)/t25-,27-,28-,29-,30-,31-,32-/m0/s1. The van der Waals surface area contributed by atoms with Gasteiger partial charge in [0, 0.05) is 36.5 Å². The number of benzene rings is 2. The number of thioether (sulfide) groups is 1. The van der Waals surface area contributed by atoms with Gasteiger partial charge in [-0.15, -0.1) is 0 Å². The maximum Gasteiger partial charge on any atom is 0.326 e. The molecule has 70 heavy (non-hydrogen) atoms. The van der Waals surface area contributed by atoms with E-state index in [1.807, 2.05) is 0 Å². The molecular formula is C43H59N13O13S.